The lowest BCUT2D eigenvalue weighted by atomic mass is 10.0. The number of aromatic nitrogens is 3. The molecule has 4 rings (SSSR count). The van der Waals surface area contributed by atoms with Crippen molar-refractivity contribution in [2.75, 3.05) is 6.54 Å². The van der Waals surface area contributed by atoms with E-state index in [4.69, 9.17) is 0 Å². The molecule has 7 nitrogen and oxygen atoms in total. The van der Waals surface area contributed by atoms with Gasteiger partial charge in [0.05, 0.1) is 5.52 Å². The lowest BCUT2D eigenvalue weighted by Crippen LogP contribution is -2.45. The Labute approximate surface area is 209 Å². The summed E-state index contributed by atoms with van der Waals surface area (Å²) in [7, 11) is 0. The lowest BCUT2D eigenvalue weighted by Gasteiger charge is -2.32. The van der Waals surface area contributed by atoms with Crippen molar-refractivity contribution in [2.45, 2.75) is 39.4 Å². The van der Waals surface area contributed by atoms with Gasteiger partial charge in [-0.3, -0.25) is 9.59 Å². The van der Waals surface area contributed by atoms with Crippen LogP contribution >= 0.6 is 0 Å². The average molecular weight is 488 g/mol. The standard InChI is InChI=1S/C28H30FN5O2/c1-20(2)16-17-30-28(36)27(22-12-14-23(29)15-13-22)33(18-21-8-4-3-5-9-21)26(35)19-34-25-11-7-6-10-24(25)31-32-34/h3-15,20,27H,16-19H2,1-2H3,(H,30,36). The highest BCUT2D eigenvalue weighted by Crippen LogP contribution is 2.25. The number of hydrogen-bond acceptors (Lipinski definition) is 4. The monoisotopic (exact) mass is 487 g/mol. The van der Waals surface area contributed by atoms with Crippen molar-refractivity contribution in [3.63, 3.8) is 0 Å². The summed E-state index contributed by atoms with van der Waals surface area (Å²) >= 11 is 0. The maximum absolute atomic E-state index is 13.8. The van der Waals surface area contributed by atoms with E-state index in [1.54, 1.807) is 12.1 Å². The van der Waals surface area contributed by atoms with Crippen LogP contribution in [-0.4, -0.2) is 38.3 Å². The Morgan fingerprint density at radius 2 is 1.67 bits per heavy atom. The van der Waals surface area contributed by atoms with Crippen LogP contribution in [0, 0.1) is 11.7 Å². The van der Waals surface area contributed by atoms with Gasteiger partial charge in [0, 0.05) is 13.1 Å². The third-order valence-electron chi connectivity index (χ3n) is 5.99. The summed E-state index contributed by atoms with van der Waals surface area (Å²) in [6, 6.07) is 21.7. The zero-order valence-electron chi connectivity index (χ0n) is 20.5. The largest absolute Gasteiger partial charge is 0.354 e. The summed E-state index contributed by atoms with van der Waals surface area (Å²) in [6.45, 7) is 4.75. The molecule has 0 aliphatic heterocycles. The summed E-state index contributed by atoms with van der Waals surface area (Å²) in [5, 5.41) is 11.3. The highest BCUT2D eigenvalue weighted by atomic mass is 19.1. The van der Waals surface area contributed by atoms with Crippen molar-refractivity contribution >= 4 is 22.8 Å². The third-order valence-corrected chi connectivity index (χ3v) is 5.99. The molecule has 3 aromatic carbocycles. The Kier molecular flexibility index (Phi) is 8.05. The zero-order chi connectivity index (χ0) is 25.5. The fourth-order valence-corrected chi connectivity index (χ4v) is 4.06. The first-order chi connectivity index (χ1) is 17.4. The Balaban J connectivity index is 1.70. The quantitative estimate of drug-likeness (QED) is 0.357. The summed E-state index contributed by atoms with van der Waals surface area (Å²) in [5.41, 5.74) is 2.81. The Hall–Kier alpha value is -4.07. The second-order valence-corrected chi connectivity index (χ2v) is 9.17. The third kappa shape index (κ3) is 6.13. The van der Waals surface area contributed by atoms with Gasteiger partial charge in [-0.1, -0.05) is 73.7 Å². The van der Waals surface area contributed by atoms with Crippen molar-refractivity contribution in [1.29, 1.82) is 0 Å². The molecule has 0 bridgehead atoms. The molecule has 0 fully saturated rings. The number of nitrogens with one attached hydrogen (secondary N) is 1. The van der Waals surface area contributed by atoms with Crippen LogP contribution in [0.1, 0.15) is 37.4 Å². The van der Waals surface area contributed by atoms with Gasteiger partial charge in [-0.05, 0) is 47.7 Å². The van der Waals surface area contributed by atoms with Gasteiger partial charge < -0.3 is 10.2 Å². The predicted octanol–water partition coefficient (Wildman–Crippen LogP) is 4.50. The molecule has 1 atom stereocenters. The molecule has 0 saturated heterocycles. The molecule has 0 aliphatic rings. The smallest absolute Gasteiger partial charge is 0.247 e. The van der Waals surface area contributed by atoms with Gasteiger partial charge in [-0.2, -0.15) is 0 Å². The molecule has 0 radical (unpaired) electrons. The second kappa shape index (κ2) is 11.6. The van der Waals surface area contributed by atoms with Gasteiger partial charge in [0.2, 0.25) is 11.8 Å². The minimum atomic E-state index is -0.944. The van der Waals surface area contributed by atoms with Crippen LogP contribution in [0.15, 0.2) is 78.9 Å². The van der Waals surface area contributed by atoms with E-state index in [0.29, 0.717) is 23.5 Å². The van der Waals surface area contributed by atoms with E-state index in [0.717, 1.165) is 17.5 Å². The number of halogens is 1. The van der Waals surface area contributed by atoms with Gasteiger partial charge in [0.25, 0.3) is 0 Å². The number of carbonyl (C=O) groups excluding carboxylic acids is 2. The van der Waals surface area contributed by atoms with Gasteiger partial charge in [-0.15, -0.1) is 5.10 Å². The van der Waals surface area contributed by atoms with E-state index >= 15 is 0 Å². The fraction of sp³-hybridized carbons (Fsp3) is 0.286. The molecule has 36 heavy (non-hydrogen) atoms. The number of amides is 2. The van der Waals surface area contributed by atoms with Crippen molar-refractivity contribution < 1.29 is 14.0 Å². The Morgan fingerprint density at radius 1 is 0.972 bits per heavy atom. The fourth-order valence-electron chi connectivity index (χ4n) is 4.06. The molecule has 4 aromatic rings. The average Bonchev–Trinajstić information content (AvgIpc) is 3.28. The maximum Gasteiger partial charge on any atom is 0.247 e. The van der Waals surface area contributed by atoms with E-state index in [-0.39, 0.29) is 24.9 Å². The van der Waals surface area contributed by atoms with Gasteiger partial charge in [0.1, 0.15) is 23.9 Å². The number of hydrogen-bond donors (Lipinski definition) is 1. The number of fused-ring (bicyclic) bond motifs is 1. The summed E-state index contributed by atoms with van der Waals surface area (Å²) in [5.74, 6) is -0.609. The first kappa shape index (κ1) is 25.0. The highest BCUT2D eigenvalue weighted by molar-refractivity contribution is 5.89. The summed E-state index contributed by atoms with van der Waals surface area (Å²) in [4.78, 5) is 28.9. The lowest BCUT2D eigenvalue weighted by molar-refractivity contribution is -0.142. The number of para-hydroxylation sites is 1. The van der Waals surface area contributed by atoms with Crippen LogP contribution in [0.4, 0.5) is 4.39 Å². The molecule has 1 heterocycles. The molecule has 0 spiro atoms. The van der Waals surface area contributed by atoms with Gasteiger partial charge in [-0.25, -0.2) is 9.07 Å². The first-order valence-corrected chi connectivity index (χ1v) is 12.1. The SMILES string of the molecule is CC(C)CCNC(=O)C(c1ccc(F)cc1)N(Cc1ccccc1)C(=O)Cn1nnc2ccccc21. The molecule has 1 N–H and O–H groups in total. The molecule has 0 saturated carbocycles. The van der Waals surface area contributed by atoms with Crippen molar-refractivity contribution in [2.24, 2.45) is 5.92 Å². The van der Waals surface area contributed by atoms with Crippen LogP contribution in [0.3, 0.4) is 0 Å². The van der Waals surface area contributed by atoms with Crippen LogP contribution in [0.25, 0.3) is 11.0 Å². The Morgan fingerprint density at radius 3 is 2.39 bits per heavy atom. The molecule has 1 aromatic heterocycles. The van der Waals surface area contributed by atoms with Gasteiger partial charge in [0.15, 0.2) is 0 Å². The number of carbonyl (C=O) groups is 2. The molecule has 1 unspecified atom stereocenters. The van der Waals surface area contributed by atoms with E-state index in [9.17, 15) is 14.0 Å². The molecule has 8 heteroatoms. The van der Waals surface area contributed by atoms with Crippen LogP contribution in [-0.2, 0) is 22.7 Å². The molecule has 2 amide bonds. The number of benzene rings is 3. The zero-order valence-corrected chi connectivity index (χ0v) is 20.5. The molecule has 0 aliphatic carbocycles. The van der Waals surface area contributed by atoms with Crippen molar-refractivity contribution in [3.05, 3.63) is 95.8 Å². The van der Waals surface area contributed by atoms with E-state index in [2.05, 4.69) is 29.5 Å². The highest BCUT2D eigenvalue weighted by Gasteiger charge is 2.32. The molecular weight excluding hydrogens is 457 g/mol. The maximum atomic E-state index is 13.8. The number of nitrogens with zero attached hydrogens (tertiary/aromatic N) is 4. The van der Waals surface area contributed by atoms with Crippen LogP contribution < -0.4 is 5.32 Å². The summed E-state index contributed by atoms with van der Waals surface area (Å²) < 4.78 is 15.3. The molecular formula is C28H30FN5O2. The van der Waals surface area contributed by atoms with Crippen LogP contribution in [0.5, 0.6) is 0 Å². The van der Waals surface area contributed by atoms with Crippen LogP contribution in [0.2, 0.25) is 0 Å². The minimum absolute atomic E-state index is 0.0929. The van der Waals surface area contributed by atoms with E-state index < -0.39 is 11.9 Å². The van der Waals surface area contributed by atoms with Crippen molar-refractivity contribution in [3.8, 4) is 0 Å². The summed E-state index contributed by atoms with van der Waals surface area (Å²) in [6.07, 6.45) is 0.805. The van der Waals surface area contributed by atoms with E-state index in [1.165, 1.54) is 21.7 Å². The molecule has 186 valence electrons. The number of rotatable bonds is 10. The normalized spacial score (nSPS) is 12.0. The van der Waals surface area contributed by atoms with E-state index in [1.807, 2.05) is 54.6 Å². The van der Waals surface area contributed by atoms with Gasteiger partial charge >= 0.3 is 0 Å². The van der Waals surface area contributed by atoms with Crippen molar-refractivity contribution in [1.82, 2.24) is 25.2 Å². The second-order valence-electron chi connectivity index (χ2n) is 9.17. The minimum Gasteiger partial charge on any atom is -0.354 e. The predicted molar refractivity (Wildman–Crippen MR) is 136 cm³/mol. The Bertz CT molecular complexity index is 1300. The first-order valence-electron chi connectivity index (χ1n) is 12.1. The topological polar surface area (TPSA) is 80.1 Å².